The van der Waals surface area contributed by atoms with Crippen molar-refractivity contribution < 1.29 is 0 Å². The van der Waals surface area contributed by atoms with E-state index >= 15 is 0 Å². The van der Waals surface area contributed by atoms with Crippen molar-refractivity contribution in [2.75, 3.05) is 53.4 Å². The summed E-state index contributed by atoms with van der Waals surface area (Å²) < 4.78 is 0. The van der Waals surface area contributed by atoms with E-state index in [9.17, 15) is 0 Å². The first-order valence-electron chi connectivity index (χ1n) is 10.9. The Kier molecular flexibility index (Phi) is 11.2. The standard InChI is InChI=1S/C23H36N6S.HI/c1-5-24-23(28(4)16-21-18-30-19(2)26-21)25-12-9-13-29-15-14-27(3)17-22(29)20-10-7-6-8-11-20;/h6-8,10-11,18,22H,5,9,12-17H2,1-4H3,(H,24,25);1H. The summed E-state index contributed by atoms with van der Waals surface area (Å²) in [6, 6.07) is 11.4. The predicted octanol–water partition coefficient (Wildman–Crippen LogP) is 3.85. The molecular formula is C23H37IN6S. The quantitative estimate of drug-likeness (QED) is 0.232. The first kappa shape index (κ1) is 26.0. The zero-order chi connectivity index (χ0) is 21.3. The van der Waals surface area contributed by atoms with E-state index in [0.717, 1.165) is 68.9 Å². The fraction of sp³-hybridized carbons (Fsp3) is 0.565. The van der Waals surface area contributed by atoms with Gasteiger partial charge in [-0.2, -0.15) is 0 Å². The van der Waals surface area contributed by atoms with E-state index in [2.05, 4.69) is 88.7 Å². The minimum Gasteiger partial charge on any atom is -0.357 e. The molecule has 2 heterocycles. The van der Waals surface area contributed by atoms with Crippen molar-refractivity contribution in [1.82, 2.24) is 25.0 Å². The Hall–Kier alpha value is -1.23. The van der Waals surface area contributed by atoms with Gasteiger partial charge in [0.1, 0.15) is 0 Å². The van der Waals surface area contributed by atoms with Gasteiger partial charge in [0.05, 0.1) is 17.2 Å². The molecule has 0 aliphatic carbocycles. The number of thiazole rings is 1. The molecule has 1 aliphatic rings. The number of aromatic nitrogens is 1. The number of piperazine rings is 1. The topological polar surface area (TPSA) is 47.0 Å². The van der Waals surface area contributed by atoms with Crippen LogP contribution in [0, 0.1) is 6.92 Å². The Balaban J connectivity index is 0.00000341. The third-order valence-corrected chi connectivity index (χ3v) is 6.33. The molecule has 8 heteroatoms. The van der Waals surface area contributed by atoms with Crippen LogP contribution < -0.4 is 5.32 Å². The molecule has 2 aromatic rings. The van der Waals surface area contributed by atoms with Crippen LogP contribution in [0.15, 0.2) is 40.7 Å². The van der Waals surface area contributed by atoms with E-state index in [1.54, 1.807) is 11.3 Å². The maximum Gasteiger partial charge on any atom is 0.194 e. The third-order valence-electron chi connectivity index (χ3n) is 5.51. The predicted molar refractivity (Wildman–Crippen MR) is 143 cm³/mol. The third kappa shape index (κ3) is 8.00. The van der Waals surface area contributed by atoms with E-state index in [1.807, 2.05) is 0 Å². The Bertz CT molecular complexity index is 796. The lowest BCUT2D eigenvalue weighted by atomic mass is 10.0. The van der Waals surface area contributed by atoms with Gasteiger partial charge in [-0.05, 0) is 32.9 Å². The van der Waals surface area contributed by atoms with Gasteiger partial charge in [-0.15, -0.1) is 35.3 Å². The number of aryl methyl sites for hydroxylation is 1. The monoisotopic (exact) mass is 556 g/mol. The molecule has 1 aromatic carbocycles. The first-order chi connectivity index (χ1) is 14.6. The molecule has 1 aromatic heterocycles. The van der Waals surface area contributed by atoms with E-state index in [-0.39, 0.29) is 24.0 Å². The molecule has 31 heavy (non-hydrogen) atoms. The number of guanidine groups is 1. The van der Waals surface area contributed by atoms with Crippen LogP contribution >= 0.6 is 35.3 Å². The van der Waals surface area contributed by atoms with Crippen LogP contribution in [-0.4, -0.2) is 79.0 Å². The number of nitrogens with one attached hydrogen (secondary N) is 1. The van der Waals surface area contributed by atoms with Crippen LogP contribution in [0.25, 0.3) is 0 Å². The highest BCUT2D eigenvalue weighted by Crippen LogP contribution is 2.24. The average molecular weight is 557 g/mol. The highest BCUT2D eigenvalue weighted by molar-refractivity contribution is 14.0. The summed E-state index contributed by atoms with van der Waals surface area (Å²) >= 11 is 1.70. The lowest BCUT2D eigenvalue weighted by Crippen LogP contribution is -2.47. The fourth-order valence-corrected chi connectivity index (χ4v) is 4.55. The molecule has 6 nitrogen and oxygen atoms in total. The first-order valence-corrected chi connectivity index (χ1v) is 11.8. The maximum absolute atomic E-state index is 4.88. The Labute approximate surface area is 208 Å². The molecule has 0 spiro atoms. The number of likely N-dealkylation sites (N-methyl/N-ethyl adjacent to an activating group) is 1. The van der Waals surface area contributed by atoms with Gasteiger partial charge in [0.2, 0.25) is 0 Å². The second kappa shape index (κ2) is 13.3. The van der Waals surface area contributed by atoms with Crippen LogP contribution in [0.1, 0.15) is 35.7 Å². The number of benzene rings is 1. The Morgan fingerprint density at radius 2 is 2.06 bits per heavy atom. The number of aliphatic imine (C=N–C) groups is 1. The molecule has 0 amide bonds. The zero-order valence-electron chi connectivity index (χ0n) is 19.3. The van der Waals surface area contributed by atoms with Gasteiger partial charge >= 0.3 is 0 Å². The van der Waals surface area contributed by atoms with E-state index < -0.39 is 0 Å². The Morgan fingerprint density at radius 3 is 2.74 bits per heavy atom. The van der Waals surface area contributed by atoms with Crippen molar-refractivity contribution in [1.29, 1.82) is 0 Å². The maximum atomic E-state index is 4.88. The largest absolute Gasteiger partial charge is 0.357 e. The molecule has 1 fully saturated rings. The molecule has 172 valence electrons. The molecule has 3 rings (SSSR count). The van der Waals surface area contributed by atoms with Crippen molar-refractivity contribution >= 4 is 41.3 Å². The van der Waals surface area contributed by atoms with Crippen molar-refractivity contribution in [2.24, 2.45) is 4.99 Å². The van der Waals surface area contributed by atoms with E-state index in [0.29, 0.717) is 6.04 Å². The van der Waals surface area contributed by atoms with Gasteiger partial charge in [0, 0.05) is 57.7 Å². The lowest BCUT2D eigenvalue weighted by molar-refractivity contribution is 0.0894. The number of hydrogen-bond acceptors (Lipinski definition) is 5. The molecule has 1 saturated heterocycles. The van der Waals surface area contributed by atoms with Gasteiger partial charge in [0.25, 0.3) is 0 Å². The van der Waals surface area contributed by atoms with Crippen LogP contribution in [0.3, 0.4) is 0 Å². The van der Waals surface area contributed by atoms with Crippen LogP contribution in [0.2, 0.25) is 0 Å². The summed E-state index contributed by atoms with van der Waals surface area (Å²) in [6.07, 6.45) is 1.06. The van der Waals surface area contributed by atoms with Gasteiger partial charge in [0.15, 0.2) is 5.96 Å². The molecule has 1 unspecified atom stereocenters. The smallest absolute Gasteiger partial charge is 0.194 e. The van der Waals surface area contributed by atoms with Crippen molar-refractivity contribution in [3.8, 4) is 0 Å². The van der Waals surface area contributed by atoms with Crippen molar-refractivity contribution in [2.45, 2.75) is 32.9 Å². The number of nitrogens with zero attached hydrogens (tertiary/aromatic N) is 5. The number of rotatable bonds is 8. The highest BCUT2D eigenvalue weighted by atomic mass is 127. The number of halogens is 1. The summed E-state index contributed by atoms with van der Waals surface area (Å²) in [5.74, 6) is 0.959. The summed E-state index contributed by atoms with van der Waals surface area (Å²) in [5.41, 5.74) is 2.52. The van der Waals surface area contributed by atoms with Gasteiger partial charge < -0.3 is 15.1 Å². The highest BCUT2D eigenvalue weighted by Gasteiger charge is 2.25. The summed E-state index contributed by atoms with van der Waals surface area (Å²) in [7, 11) is 4.31. The SMILES string of the molecule is CCNC(=NCCCN1CCN(C)CC1c1ccccc1)N(C)Cc1csc(C)n1.I. The van der Waals surface area contributed by atoms with Crippen molar-refractivity contribution in [3.05, 3.63) is 52.0 Å². The second-order valence-corrected chi connectivity index (χ2v) is 9.09. The van der Waals surface area contributed by atoms with Crippen molar-refractivity contribution in [3.63, 3.8) is 0 Å². The summed E-state index contributed by atoms with van der Waals surface area (Å²) in [5, 5.41) is 6.66. The second-order valence-electron chi connectivity index (χ2n) is 8.03. The summed E-state index contributed by atoms with van der Waals surface area (Å²) in [6.45, 7) is 11.1. The molecule has 1 atom stereocenters. The number of hydrogen-bond donors (Lipinski definition) is 1. The van der Waals surface area contributed by atoms with Gasteiger partial charge in [-0.3, -0.25) is 9.89 Å². The molecule has 0 bridgehead atoms. The van der Waals surface area contributed by atoms with Gasteiger partial charge in [-0.25, -0.2) is 4.98 Å². The van der Waals surface area contributed by atoms with Crippen LogP contribution in [0.4, 0.5) is 0 Å². The van der Waals surface area contributed by atoms with E-state index in [1.165, 1.54) is 5.56 Å². The zero-order valence-corrected chi connectivity index (χ0v) is 22.4. The minimum atomic E-state index is 0. The lowest BCUT2D eigenvalue weighted by Gasteiger charge is -2.40. The minimum absolute atomic E-state index is 0. The summed E-state index contributed by atoms with van der Waals surface area (Å²) in [4.78, 5) is 16.7. The molecule has 1 aliphatic heterocycles. The molecule has 0 saturated carbocycles. The van der Waals surface area contributed by atoms with Gasteiger partial charge in [-0.1, -0.05) is 30.3 Å². The van der Waals surface area contributed by atoms with Crippen LogP contribution in [-0.2, 0) is 6.54 Å². The average Bonchev–Trinajstić information content (AvgIpc) is 3.16. The molecular weight excluding hydrogens is 519 g/mol. The molecule has 0 radical (unpaired) electrons. The Morgan fingerprint density at radius 1 is 1.29 bits per heavy atom. The van der Waals surface area contributed by atoms with Crippen LogP contribution in [0.5, 0.6) is 0 Å². The van der Waals surface area contributed by atoms with E-state index in [4.69, 9.17) is 4.99 Å². The fourth-order valence-electron chi connectivity index (χ4n) is 3.94. The normalized spacial score (nSPS) is 17.9. The molecule has 1 N–H and O–H groups in total.